The second kappa shape index (κ2) is 9.28. The maximum Gasteiger partial charge on any atom is 0.139 e. The van der Waals surface area contributed by atoms with Crippen molar-refractivity contribution in [1.82, 2.24) is 15.0 Å². The molecule has 2 aliphatic heterocycles. The SMILES string of the molecule is COc1ccc(CN2CCC[C@H]2c2cc(C(C)C)on2)cc1CN1CCOCC1. The van der Waals surface area contributed by atoms with Crippen molar-refractivity contribution in [3.8, 4) is 5.75 Å². The topological polar surface area (TPSA) is 51.0 Å². The molecule has 2 aromatic rings. The molecule has 0 unspecified atom stereocenters. The Kier molecular flexibility index (Phi) is 6.53. The van der Waals surface area contributed by atoms with Crippen molar-refractivity contribution < 1.29 is 14.0 Å². The van der Waals surface area contributed by atoms with E-state index in [1.807, 2.05) is 0 Å². The van der Waals surface area contributed by atoms with Gasteiger partial charge in [-0.1, -0.05) is 25.1 Å². The van der Waals surface area contributed by atoms with Crippen molar-refractivity contribution in [1.29, 1.82) is 0 Å². The highest BCUT2D eigenvalue weighted by molar-refractivity contribution is 5.37. The highest BCUT2D eigenvalue weighted by Crippen LogP contribution is 2.34. The Bertz CT molecular complexity index is 798. The van der Waals surface area contributed by atoms with Crippen LogP contribution in [0.2, 0.25) is 0 Å². The number of nitrogens with zero attached hydrogens (tertiary/aromatic N) is 3. The zero-order valence-corrected chi connectivity index (χ0v) is 17.9. The van der Waals surface area contributed by atoms with Crippen LogP contribution in [0.5, 0.6) is 5.75 Å². The van der Waals surface area contributed by atoms with Gasteiger partial charge in [0.25, 0.3) is 0 Å². The summed E-state index contributed by atoms with van der Waals surface area (Å²) in [6, 6.07) is 9.11. The van der Waals surface area contributed by atoms with E-state index in [4.69, 9.17) is 14.0 Å². The predicted octanol–water partition coefficient (Wildman–Crippen LogP) is 3.98. The van der Waals surface area contributed by atoms with Crippen molar-refractivity contribution >= 4 is 0 Å². The molecule has 6 nitrogen and oxygen atoms in total. The number of morpholine rings is 1. The molecule has 0 N–H and O–H groups in total. The first kappa shape index (κ1) is 20.4. The lowest BCUT2D eigenvalue weighted by atomic mass is 10.1. The fourth-order valence-corrected chi connectivity index (χ4v) is 4.37. The number of hydrogen-bond acceptors (Lipinski definition) is 6. The van der Waals surface area contributed by atoms with Crippen molar-refractivity contribution in [3.05, 3.63) is 46.8 Å². The van der Waals surface area contributed by atoms with Crippen LogP contribution < -0.4 is 4.74 Å². The summed E-state index contributed by atoms with van der Waals surface area (Å²) < 4.78 is 16.7. The summed E-state index contributed by atoms with van der Waals surface area (Å²) in [5.41, 5.74) is 3.66. The summed E-state index contributed by atoms with van der Waals surface area (Å²) in [7, 11) is 1.76. The van der Waals surface area contributed by atoms with E-state index in [2.05, 4.69) is 53.1 Å². The van der Waals surface area contributed by atoms with Gasteiger partial charge in [0.2, 0.25) is 0 Å². The molecule has 0 bridgehead atoms. The molecule has 1 aromatic carbocycles. The Labute approximate surface area is 173 Å². The zero-order chi connectivity index (χ0) is 20.2. The van der Waals surface area contributed by atoms with Gasteiger partial charge in [0, 0.05) is 43.7 Å². The van der Waals surface area contributed by atoms with Gasteiger partial charge in [-0.3, -0.25) is 9.80 Å². The molecule has 6 heteroatoms. The molecule has 0 amide bonds. The van der Waals surface area contributed by atoms with Crippen LogP contribution in [0, 0.1) is 0 Å². The van der Waals surface area contributed by atoms with E-state index in [9.17, 15) is 0 Å². The van der Waals surface area contributed by atoms with Gasteiger partial charge in [-0.2, -0.15) is 0 Å². The zero-order valence-electron chi connectivity index (χ0n) is 17.9. The minimum atomic E-state index is 0.344. The van der Waals surface area contributed by atoms with Crippen molar-refractivity contribution in [2.75, 3.05) is 40.0 Å². The second-order valence-corrected chi connectivity index (χ2v) is 8.47. The molecule has 0 saturated carbocycles. The van der Waals surface area contributed by atoms with Gasteiger partial charge in [0.1, 0.15) is 17.2 Å². The van der Waals surface area contributed by atoms with Crippen LogP contribution in [0.25, 0.3) is 0 Å². The average molecular weight is 400 g/mol. The number of rotatable bonds is 7. The van der Waals surface area contributed by atoms with E-state index < -0.39 is 0 Å². The van der Waals surface area contributed by atoms with Crippen LogP contribution >= 0.6 is 0 Å². The average Bonchev–Trinajstić information content (AvgIpc) is 3.38. The molecule has 2 saturated heterocycles. The van der Waals surface area contributed by atoms with E-state index in [1.54, 1.807) is 7.11 Å². The Morgan fingerprint density at radius 1 is 1.14 bits per heavy atom. The van der Waals surface area contributed by atoms with Crippen molar-refractivity contribution in [2.45, 2.75) is 51.7 Å². The fourth-order valence-electron chi connectivity index (χ4n) is 4.37. The standard InChI is InChI=1S/C23H33N3O3/c1-17(2)23-14-20(24-29-23)21-5-4-8-26(21)15-18-6-7-22(27-3)19(13-18)16-25-9-11-28-12-10-25/h6-7,13-14,17,21H,4-5,8-12,15-16H2,1-3H3/t21-/m0/s1. The predicted molar refractivity (Wildman–Crippen MR) is 112 cm³/mol. The van der Waals surface area contributed by atoms with Crippen LogP contribution in [0.3, 0.4) is 0 Å². The molecule has 3 heterocycles. The van der Waals surface area contributed by atoms with E-state index in [-0.39, 0.29) is 0 Å². The molecule has 2 aliphatic rings. The molecule has 158 valence electrons. The summed E-state index contributed by atoms with van der Waals surface area (Å²) in [6.45, 7) is 10.8. The largest absolute Gasteiger partial charge is 0.496 e. The molecule has 2 fully saturated rings. The molecule has 0 spiro atoms. The van der Waals surface area contributed by atoms with Gasteiger partial charge in [-0.25, -0.2) is 0 Å². The van der Waals surface area contributed by atoms with E-state index in [0.717, 1.165) is 69.6 Å². The van der Waals surface area contributed by atoms with Crippen LogP contribution in [-0.4, -0.2) is 54.9 Å². The Balaban J connectivity index is 1.48. The van der Waals surface area contributed by atoms with Gasteiger partial charge >= 0.3 is 0 Å². The molecule has 1 atom stereocenters. The maximum absolute atomic E-state index is 5.63. The minimum Gasteiger partial charge on any atom is -0.496 e. The van der Waals surface area contributed by atoms with Crippen molar-refractivity contribution in [2.24, 2.45) is 0 Å². The third kappa shape index (κ3) is 4.82. The van der Waals surface area contributed by atoms with E-state index in [1.165, 1.54) is 17.5 Å². The Hall–Kier alpha value is -1.89. The lowest BCUT2D eigenvalue weighted by Crippen LogP contribution is -2.35. The number of methoxy groups -OCH3 is 1. The van der Waals surface area contributed by atoms with Gasteiger partial charge in [0.05, 0.1) is 26.4 Å². The molecule has 4 rings (SSSR count). The second-order valence-electron chi connectivity index (χ2n) is 8.47. The summed E-state index contributed by atoms with van der Waals surface area (Å²) in [5.74, 6) is 2.32. The van der Waals surface area contributed by atoms with Gasteiger partial charge in [-0.15, -0.1) is 0 Å². The highest BCUT2D eigenvalue weighted by Gasteiger charge is 2.29. The first-order valence-electron chi connectivity index (χ1n) is 10.8. The monoisotopic (exact) mass is 399 g/mol. The molecule has 0 aliphatic carbocycles. The number of aromatic nitrogens is 1. The van der Waals surface area contributed by atoms with Gasteiger partial charge < -0.3 is 14.0 Å². The van der Waals surface area contributed by atoms with E-state index >= 15 is 0 Å². The molecule has 1 aromatic heterocycles. The third-order valence-corrected chi connectivity index (χ3v) is 6.05. The lowest BCUT2D eigenvalue weighted by Gasteiger charge is -2.28. The quantitative estimate of drug-likeness (QED) is 0.702. The highest BCUT2D eigenvalue weighted by atomic mass is 16.5. The maximum atomic E-state index is 5.63. The summed E-state index contributed by atoms with van der Waals surface area (Å²) >= 11 is 0. The van der Waals surface area contributed by atoms with Gasteiger partial charge in [-0.05, 0) is 37.1 Å². The van der Waals surface area contributed by atoms with E-state index in [0.29, 0.717) is 12.0 Å². The molecular formula is C23H33N3O3. The smallest absolute Gasteiger partial charge is 0.139 e. The number of benzene rings is 1. The summed E-state index contributed by atoms with van der Waals surface area (Å²) in [5, 5.41) is 4.38. The summed E-state index contributed by atoms with van der Waals surface area (Å²) in [4.78, 5) is 4.97. The third-order valence-electron chi connectivity index (χ3n) is 6.05. The minimum absolute atomic E-state index is 0.344. The lowest BCUT2D eigenvalue weighted by molar-refractivity contribution is 0.0338. The number of likely N-dealkylation sites (tertiary alicyclic amines) is 1. The van der Waals surface area contributed by atoms with Crippen LogP contribution in [0.15, 0.2) is 28.8 Å². The van der Waals surface area contributed by atoms with Gasteiger partial charge in [0.15, 0.2) is 0 Å². The number of ether oxygens (including phenoxy) is 2. The van der Waals surface area contributed by atoms with Crippen LogP contribution in [0.4, 0.5) is 0 Å². The van der Waals surface area contributed by atoms with Crippen molar-refractivity contribution in [3.63, 3.8) is 0 Å². The fraction of sp³-hybridized carbons (Fsp3) is 0.609. The van der Waals surface area contributed by atoms with Crippen LogP contribution in [-0.2, 0) is 17.8 Å². The molecule has 0 radical (unpaired) electrons. The normalized spacial score (nSPS) is 21.2. The Morgan fingerprint density at radius 3 is 2.69 bits per heavy atom. The Morgan fingerprint density at radius 2 is 1.97 bits per heavy atom. The molecule has 29 heavy (non-hydrogen) atoms. The number of hydrogen-bond donors (Lipinski definition) is 0. The summed E-state index contributed by atoms with van der Waals surface area (Å²) in [6.07, 6.45) is 2.34. The first-order valence-corrected chi connectivity index (χ1v) is 10.8. The first-order chi connectivity index (χ1) is 14.1. The molecular weight excluding hydrogens is 366 g/mol. The van der Waals surface area contributed by atoms with Crippen LogP contribution in [0.1, 0.15) is 61.2 Å².